The Balaban J connectivity index is 2.35. The minimum absolute atomic E-state index is 0.577. The van der Waals surface area contributed by atoms with E-state index >= 15 is 0 Å². The van der Waals surface area contributed by atoms with Gasteiger partial charge in [0.2, 0.25) is 0 Å². The second kappa shape index (κ2) is 3.57. The second-order valence-corrected chi connectivity index (χ2v) is 4.66. The van der Waals surface area contributed by atoms with Crippen LogP contribution in [0.25, 0.3) is 0 Å². The Morgan fingerprint density at radius 3 is 2.73 bits per heavy atom. The summed E-state index contributed by atoms with van der Waals surface area (Å²) in [6, 6.07) is 0.742. The lowest BCUT2D eigenvalue weighted by Crippen LogP contribution is -2.32. The molecule has 0 aromatic heterocycles. The van der Waals surface area contributed by atoms with Gasteiger partial charge in [-0.15, -0.1) is 0 Å². The Kier molecular flexibility index (Phi) is 2.94. The van der Waals surface area contributed by atoms with Crippen LogP contribution in [0.15, 0.2) is 0 Å². The van der Waals surface area contributed by atoms with Gasteiger partial charge in [-0.3, -0.25) is 0 Å². The molecule has 0 spiro atoms. The number of hydrogen-bond acceptors (Lipinski definition) is 1. The van der Waals surface area contributed by atoms with E-state index in [-0.39, 0.29) is 0 Å². The summed E-state index contributed by atoms with van der Waals surface area (Å²) < 4.78 is 0. The molecule has 1 atom stereocenters. The normalized spacial score (nSPS) is 32.5. The first-order chi connectivity index (χ1) is 5.10. The van der Waals surface area contributed by atoms with Crippen LogP contribution in [0.5, 0.6) is 0 Å². The molecule has 1 nitrogen and oxygen atoms in total. The molecule has 1 fully saturated rings. The van der Waals surface area contributed by atoms with Crippen LogP contribution in [0.1, 0.15) is 46.5 Å². The SMILES string of the molecule is CC1CCCC(C)(C)CCN1. The Morgan fingerprint density at radius 1 is 1.27 bits per heavy atom. The molecule has 1 saturated heterocycles. The first-order valence-corrected chi connectivity index (χ1v) is 4.83. The molecule has 66 valence electrons. The molecule has 0 bridgehead atoms. The van der Waals surface area contributed by atoms with Crippen molar-refractivity contribution in [2.45, 2.75) is 52.5 Å². The van der Waals surface area contributed by atoms with Crippen LogP contribution in [0.2, 0.25) is 0 Å². The lowest BCUT2D eigenvalue weighted by Gasteiger charge is -2.29. The van der Waals surface area contributed by atoms with Crippen molar-refractivity contribution in [3.63, 3.8) is 0 Å². The highest BCUT2D eigenvalue weighted by Gasteiger charge is 2.19. The van der Waals surface area contributed by atoms with E-state index in [0.717, 1.165) is 6.04 Å². The Labute approximate surface area is 70.6 Å². The summed E-state index contributed by atoms with van der Waals surface area (Å²) >= 11 is 0. The molecule has 1 aliphatic heterocycles. The van der Waals surface area contributed by atoms with Gasteiger partial charge in [0.05, 0.1) is 0 Å². The van der Waals surface area contributed by atoms with Crippen molar-refractivity contribution in [1.82, 2.24) is 5.32 Å². The molecule has 0 amide bonds. The highest BCUT2D eigenvalue weighted by Crippen LogP contribution is 2.28. The monoisotopic (exact) mass is 155 g/mol. The Morgan fingerprint density at radius 2 is 2.00 bits per heavy atom. The smallest absolute Gasteiger partial charge is 0.00387 e. The molecule has 1 N–H and O–H groups in total. The minimum Gasteiger partial charge on any atom is -0.314 e. The van der Waals surface area contributed by atoms with Gasteiger partial charge in [-0.1, -0.05) is 20.3 Å². The van der Waals surface area contributed by atoms with Gasteiger partial charge >= 0.3 is 0 Å². The molecule has 0 aromatic carbocycles. The zero-order valence-electron chi connectivity index (χ0n) is 8.11. The van der Waals surface area contributed by atoms with E-state index in [1.165, 1.54) is 32.2 Å². The molecule has 0 aliphatic carbocycles. The Bertz CT molecular complexity index is 106. The summed E-state index contributed by atoms with van der Waals surface area (Å²) in [5.41, 5.74) is 0.577. The number of hydrogen-bond donors (Lipinski definition) is 1. The third kappa shape index (κ3) is 3.24. The first kappa shape index (κ1) is 9.05. The Hall–Kier alpha value is -0.0400. The molecular formula is C10H21N. The lowest BCUT2D eigenvalue weighted by atomic mass is 9.82. The van der Waals surface area contributed by atoms with Crippen molar-refractivity contribution in [3.8, 4) is 0 Å². The highest BCUT2D eigenvalue weighted by molar-refractivity contribution is 4.75. The molecular weight excluding hydrogens is 134 g/mol. The van der Waals surface area contributed by atoms with Gasteiger partial charge in [0.25, 0.3) is 0 Å². The van der Waals surface area contributed by atoms with Crippen molar-refractivity contribution in [1.29, 1.82) is 0 Å². The van der Waals surface area contributed by atoms with E-state index in [0.29, 0.717) is 5.41 Å². The van der Waals surface area contributed by atoms with Crippen molar-refractivity contribution in [3.05, 3.63) is 0 Å². The summed E-state index contributed by atoms with van der Waals surface area (Å²) in [6.07, 6.45) is 5.47. The molecule has 1 rings (SSSR count). The van der Waals surface area contributed by atoms with Crippen LogP contribution in [0.4, 0.5) is 0 Å². The molecule has 0 aromatic rings. The van der Waals surface area contributed by atoms with Crippen LogP contribution < -0.4 is 5.32 Å². The third-order valence-electron chi connectivity index (χ3n) is 2.79. The lowest BCUT2D eigenvalue weighted by molar-refractivity contribution is 0.258. The predicted molar refractivity (Wildman–Crippen MR) is 49.7 cm³/mol. The zero-order valence-corrected chi connectivity index (χ0v) is 8.11. The number of rotatable bonds is 0. The predicted octanol–water partition coefficient (Wildman–Crippen LogP) is 2.56. The minimum atomic E-state index is 0.577. The summed E-state index contributed by atoms with van der Waals surface area (Å²) in [4.78, 5) is 0. The fourth-order valence-corrected chi connectivity index (χ4v) is 1.77. The van der Waals surface area contributed by atoms with Crippen LogP contribution in [0.3, 0.4) is 0 Å². The van der Waals surface area contributed by atoms with Gasteiger partial charge in [0, 0.05) is 6.04 Å². The van der Waals surface area contributed by atoms with E-state index in [1.54, 1.807) is 0 Å². The van der Waals surface area contributed by atoms with Gasteiger partial charge in [-0.2, -0.15) is 0 Å². The van der Waals surface area contributed by atoms with Gasteiger partial charge < -0.3 is 5.32 Å². The molecule has 11 heavy (non-hydrogen) atoms. The topological polar surface area (TPSA) is 12.0 Å². The summed E-state index contributed by atoms with van der Waals surface area (Å²) in [5.74, 6) is 0. The van der Waals surface area contributed by atoms with Gasteiger partial charge in [0.1, 0.15) is 0 Å². The maximum Gasteiger partial charge on any atom is 0.00387 e. The maximum atomic E-state index is 3.54. The van der Waals surface area contributed by atoms with E-state index in [4.69, 9.17) is 0 Å². The van der Waals surface area contributed by atoms with Gasteiger partial charge in [-0.05, 0) is 38.1 Å². The highest BCUT2D eigenvalue weighted by atomic mass is 14.9. The fraction of sp³-hybridized carbons (Fsp3) is 1.00. The van der Waals surface area contributed by atoms with E-state index < -0.39 is 0 Å². The van der Waals surface area contributed by atoms with Crippen LogP contribution in [-0.4, -0.2) is 12.6 Å². The average molecular weight is 155 g/mol. The van der Waals surface area contributed by atoms with E-state index in [1.807, 2.05) is 0 Å². The van der Waals surface area contributed by atoms with Crippen LogP contribution in [0, 0.1) is 5.41 Å². The molecule has 0 radical (unpaired) electrons. The molecule has 1 heterocycles. The average Bonchev–Trinajstić information content (AvgIpc) is 1.83. The fourth-order valence-electron chi connectivity index (χ4n) is 1.77. The van der Waals surface area contributed by atoms with Crippen molar-refractivity contribution in [2.75, 3.05) is 6.54 Å². The summed E-state index contributed by atoms with van der Waals surface area (Å²) in [7, 11) is 0. The van der Waals surface area contributed by atoms with Crippen LogP contribution in [-0.2, 0) is 0 Å². The van der Waals surface area contributed by atoms with Crippen molar-refractivity contribution < 1.29 is 0 Å². The van der Waals surface area contributed by atoms with Crippen molar-refractivity contribution in [2.24, 2.45) is 5.41 Å². The number of nitrogens with one attached hydrogen (secondary N) is 1. The maximum absolute atomic E-state index is 3.54. The third-order valence-corrected chi connectivity index (χ3v) is 2.79. The summed E-state index contributed by atoms with van der Waals surface area (Å²) in [5, 5.41) is 3.54. The van der Waals surface area contributed by atoms with E-state index in [9.17, 15) is 0 Å². The second-order valence-electron chi connectivity index (χ2n) is 4.66. The summed E-state index contributed by atoms with van der Waals surface area (Å²) in [6.45, 7) is 8.25. The van der Waals surface area contributed by atoms with Crippen LogP contribution >= 0.6 is 0 Å². The standard InChI is InChI=1S/C10H21N/c1-9-5-4-6-10(2,3)7-8-11-9/h9,11H,4-8H2,1-3H3. The molecule has 0 saturated carbocycles. The molecule has 1 heteroatoms. The van der Waals surface area contributed by atoms with Gasteiger partial charge in [-0.25, -0.2) is 0 Å². The molecule has 1 aliphatic rings. The largest absolute Gasteiger partial charge is 0.314 e. The zero-order chi connectivity index (χ0) is 8.32. The quantitative estimate of drug-likeness (QED) is 0.567. The molecule has 1 unspecified atom stereocenters. The van der Waals surface area contributed by atoms with E-state index in [2.05, 4.69) is 26.1 Å². The van der Waals surface area contributed by atoms with Gasteiger partial charge in [0.15, 0.2) is 0 Å². The van der Waals surface area contributed by atoms with Crippen molar-refractivity contribution >= 4 is 0 Å². The first-order valence-electron chi connectivity index (χ1n) is 4.83.